The van der Waals surface area contributed by atoms with Crippen LogP contribution in [0.5, 0.6) is 5.75 Å². The van der Waals surface area contributed by atoms with E-state index in [9.17, 15) is 4.79 Å². The van der Waals surface area contributed by atoms with E-state index in [-0.39, 0.29) is 12.5 Å². The Bertz CT molecular complexity index is 644. The normalized spacial score (nSPS) is 10.8. The Morgan fingerprint density at radius 3 is 2.67 bits per heavy atom. The first-order valence-electron chi connectivity index (χ1n) is 6.31. The molecule has 1 aromatic carbocycles. The van der Waals surface area contributed by atoms with Crippen LogP contribution in [-0.4, -0.2) is 18.7 Å². The molecule has 0 spiro atoms. The molecular weight excluding hydrogens is 336 g/mol. The van der Waals surface area contributed by atoms with Crippen LogP contribution in [0.15, 0.2) is 44.5 Å². The van der Waals surface area contributed by atoms with Crippen molar-refractivity contribution in [1.29, 1.82) is 0 Å². The van der Waals surface area contributed by atoms with E-state index in [4.69, 9.17) is 9.15 Å². The summed E-state index contributed by atoms with van der Waals surface area (Å²) in [6, 6.07) is 9.27. The van der Waals surface area contributed by atoms with Crippen molar-refractivity contribution in [3.05, 3.63) is 51.9 Å². The molecule has 0 radical (unpaired) electrons. The predicted molar refractivity (Wildman–Crippen MR) is 83.6 cm³/mol. The predicted octanol–water partition coefficient (Wildman–Crippen LogP) is 3.19. The molecule has 0 fully saturated rings. The first-order valence-corrected chi connectivity index (χ1v) is 7.10. The Hall–Kier alpha value is -2.08. The van der Waals surface area contributed by atoms with E-state index in [0.29, 0.717) is 16.2 Å². The lowest BCUT2D eigenvalue weighted by Crippen LogP contribution is -2.24. The van der Waals surface area contributed by atoms with E-state index in [0.717, 1.165) is 11.1 Å². The summed E-state index contributed by atoms with van der Waals surface area (Å²) in [5.41, 5.74) is 4.55. The number of hydrazone groups is 1. The van der Waals surface area contributed by atoms with Gasteiger partial charge in [0.25, 0.3) is 5.91 Å². The summed E-state index contributed by atoms with van der Waals surface area (Å²) in [5.74, 6) is 0.870. The molecule has 2 aromatic rings. The highest BCUT2D eigenvalue weighted by Gasteiger charge is 2.03. The van der Waals surface area contributed by atoms with Crippen LogP contribution in [0.1, 0.15) is 16.9 Å². The van der Waals surface area contributed by atoms with Crippen molar-refractivity contribution in [2.75, 3.05) is 6.61 Å². The fourth-order valence-corrected chi connectivity index (χ4v) is 2.08. The maximum Gasteiger partial charge on any atom is 0.277 e. The first kappa shape index (κ1) is 15.3. The molecule has 1 aromatic heterocycles. The van der Waals surface area contributed by atoms with Crippen LogP contribution in [-0.2, 0) is 4.79 Å². The molecule has 21 heavy (non-hydrogen) atoms. The van der Waals surface area contributed by atoms with Crippen LogP contribution >= 0.6 is 15.9 Å². The quantitative estimate of drug-likeness (QED) is 0.665. The van der Waals surface area contributed by atoms with Crippen LogP contribution in [0.4, 0.5) is 0 Å². The van der Waals surface area contributed by atoms with Crippen molar-refractivity contribution in [2.24, 2.45) is 5.10 Å². The van der Waals surface area contributed by atoms with Gasteiger partial charge in [0, 0.05) is 0 Å². The van der Waals surface area contributed by atoms with Crippen LogP contribution in [0, 0.1) is 13.8 Å². The molecule has 0 saturated carbocycles. The second-order valence-electron chi connectivity index (χ2n) is 4.55. The molecule has 0 saturated heterocycles. The lowest BCUT2D eigenvalue weighted by molar-refractivity contribution is -0.123. The molecule has 5 nitrogen and oxygen atoms in total. The highest BCUT2D eigenvalue weighted by atomic mass is 79.9. The van der Waals surface area contributed by atoms with Gasteiger partial charge in [-0.1, -0.05) is 6.07 Å². The highest BCUT2D eigenvalue weighted by Crippen LogP contribution is 2.16. The molecule has 0 atom stereocenters. The SMILES string of the molecule is Cc1cc(C)cc(OCC(=O)N/N=C\c2ccc(Br)o2)c1. The maximum absolute atomic E-state index is 11.6. The summed E-state index contributed by atoms with van der Waals surface area (Å²) in [5, 5.41) is 3.78. The van der Waals surface area contributed by atoms with Gasteiger partial charge in [-0.3, -0.25) is 4.79 Å². The molecule has 1 N–H and O–H groups in total. The number of amides is 1. The molecule has 2 rings (SSSR count). The smallest absolute Gasteiger partial charge is 0.277 e. The summed E-state index contributed by atoms with van der Waals surface area (Å²) in [7, 11) is 0. The van der Waals surface area contributed by atoms with Crippen molar-refractivity contribution in [3.8, 4) is 5.75 Å². The minimum absolute atomic E-state index is 0.0952. The second-order valence-corrected chi connectivity index (χ2v) is 5.33. The number of benzene rings is 1. The number of rotatable bonds is 5. The Labute approximate surface area is 131 Å². The zero-order valence-electron chi connectivity index (χ0n) is 11.7. The van der Waals surface area contributed by atoms with E-state index in [1.165, 1.54) is 6.21 Å². The zero-order chi connectivity index (χ0) is 15.2. The Morgan fingerprint density at radius 2 is 2.05 bits per heavy atom. The lowest BCUT2D eigenvalue weighted by atomic mass is 10.1. The Morgan fingerprint density at radius 1 is 1.33 bits per heavy atom. The number of carbonyl (C=O) groups is 1. The number of hydrogen-bond donors (Lipinski definition) is 1. The van der Waals surface area contributed by atoms with Gasteiger partial charge in [0.2, 0.25) is 0 Å². The minimum atomic E-state index is -0.337. The number of carbonyl (C=O) groups excluding carboxylic acids is 1. The van der Waals surface area contributed by atoms with Crippen LogP contribution < -0.4 is 10.2 Å². The van der Waals surface area contributed by atoms with E-state index >= 15 is 0 Å². The molecule has 1 amide bonds. The minimum Gasteiger partial charge on any atom is -0.484 e. The van der Waals surface area contributed by atoms with Gasteiger partial charge in [-0.2, -0.15) is 5.10 Å². The number of furan rings is 1. The zero-order valence-corrected chi connectivity index (χ0v) is 13.3. The average molecular weight is 351 g/mol. The molecule has 6 heteroatoms. The number of ether oxygens (including phenoxy) is 1. The summed E-state index contributed by atoms with van der Waals surface area (Å²) >= 11 is 3.18. The third-order valence-corrected chi connectivity index (χ3v) is 2.97. The van der Waals surface area contributed by atoms with Crippen molar-refractivity contribution in [1.82, 2.24) is 5.43 Å². The molecule has 1 heterocycles. The van der Waals surface area contributed by atoms with Gasteiger partial charge in [0.05, 0.1) is 6.21 Å². The van der Waals surface area contributed by atoms with Crippen LogP contribution in [0.25, 0.3) is 0 Å². The molecular formula is C15H15BrN2O3. The number of nitrogens with zero attached hydrogens (tertiary/aromatic N) is 1. The highest BCUT2D eigenvalue weighted by molar-refractivity contribution is 9.10. The molecule has 0 bridgehead atoms. The largest absolute Gasteiger partial charge is 0.484 e. The van der Waals surface area contributed by atoms with Gasteiger partial charge in [-0.05, 0) is 65.2 Å². The monoisotopic (exact) mass is 350 g/mol. The van der Waals surface area contributed by atoms with Crippen LogP contribution in [0.2, 0.25) is 0 Å². The number of nitrogens with one attached hydrogen (secondary N) is 1. The molecule has 0 aliphatic carbocycles. The standard InChI is InChI=1S/C15H15BrN2O3/c1-10-5-11(2)7-13(6-10)20-9-15(19)18-17-8-12-3-4-14(16)21-12/h3-8H,9H2,1-2H3,(H,18,19)/b17-8-. The van der Waals surface area contributed by atoms with Crippen molar-refractivity contribution in [3.63, 3.8) is 0 Å². The second kappa shape index (κ2) is 7.08. The topological polar surface area (TPSA) is 63.8 Å². The summed E-state index contributed by atoms with van der Waals surface area (Å²) < 4.78 is 11.2. The van der Waals surface area contributed by atoms with Gasteiger partial charge in [0.1, 0.15) is 11.5 Å². The van der Waals surface area contributed by atoms with Gasteiger partial charge in [-0.25, -0.2) is 5.43 Å². The first-order chi connectivity index (χ1) is 10.0. The van der Waals surface area contributed by atoms with Gasteiger partial charge < -0.3 is 9.15 Å². The number of aryl methyl sites for hydroxylation is 2. The van der Waals surface area contributed by atoms with Gasteiger partial charge in [-0.15, -0.1) is 0 Å². The van der Waals surface area contributed by atoms with Crippen molar-refractivity contribution < 1.29 is 13.9 Å². The third kappa shape index (κ3) is 5.07. The fourth-order valence-electron chi connectivity index (χ4n) is 1.76. The average Bonchev–Trinajstić information content (AvgIpc) is 2.81. The third-order valence-electron chi connectivity index (χ3n) is 2.54. The molecule has 0 aliphatic heterocycles. The summed E-state index contributed by atoms with van der Waals surface area (Å²) in [6.45, 7) is 3.86. The summed E-state index contributed by atoms with van der Waals surface area (Å²) in [4.78, 5) is 11.6. The number of hydrogen-bond acceptors (Lipinski definition) is 4. The van der Waals surface area contributed by atoms with E-state index in [1.807, 2.05) is 32.0 Å². The van der Waals surface area contributed by atoms with Crippen LogP contribution in [0.3, 0.4) is 0 Å². The van der Waals surface area contributed by atoms with Crippen molar-refractivity contribution in [2.45, 2.75) is 13.8 Å². The van der Waals surface area contributed by atoms with Crippen molar-refractivity contribution >= 4 is 28.1 Å². The molecule has 0 unspecified atom stereocenters. The molecule has 110 valence electrons. The summed E-state index contributed by atoms with van der Waals surface area (Å²) in [6.07, 6.45) is 1.42. The Kier molecular flexibility index (Phi) is 5.16. The van der Waals surface area contributed by atoms with Gasteiger partial charge >= 0.3 is 0 Å². The molecule has 0 aliphatic rings. The lowest BCUT2D eigenvalue weighted by Gasteiger charge is -2.07. The van der Waals surface area contributed by atoms with E-state index < -0.39 is 0 Å². The van der Waals surface area contributed by atoms with E-state index in [1.54, 1.807) is 12.1 Å². The number of halogens is 1. The van der Waals surface area contributed by atoms with E-state index in [2.05, 4.69) is 26.5 Å². The van der Waals surface area contributed by atoms with Gasteiger partial charge in [0.15, 0.2) is 11.3 Å². The fraction of sp³-hybridized carbons (Fsp3) is 0.200. The maximum atomic E-state index is 11.6. The Balaban J connectivity index is 1.80.